The van der Waals surface area contributed by atoms with E-state index in [1.165, 1.54) is 17.8 Å². The van der Waals surface area contributed by atoms with Gasteiger partial charge >= 0.3 is 0 Å². The molecule has 1 fully saturated rings. The molecule has 2 rings (SSSR count). The van der Waals surface area contributed by atoms with Crippen LogP contribution in [0.15, 0.2) is 22.5 Å². The molecule has 7 heteroatoms. The van der Waals surface area contributed by atoms with E-state index in [0.29, 0.717) is 11.8 Å². The third-order valence-electron chi connectivity index (χ3n) is 3.77. The highest BCUT2D eigenvalue weighted by Gasteiger charge is 2.21. The van der Waals surface area contributed by atoms with Crippen LogP contribution in [0.3, 0.4) is 0 Å². The molecule has 128 valence electrons. The molecule has 0 aromatic carbocycles. The molecule has 1 aromatic rings. The van der Waals surface area contributed by atoms with Gasteiger partial charge in [-0.15, -0.1) is 11.3 Å². The molecular formula is C16H26N4OS2. The highest BCUT2D eigenvalue weighted by Crippen LogP contribution is 2.20. The average Bonchev–Trinajstić information content (AvgIpc) is 3.12. The largest absolute Gasteiger partial charge is 0.356 e. The Morgan fingerprint density at radius 2 is 2.26 bits per heavy atom. The van der Waals surface area contributed by atoms with Crippen LogP contribution in [0.5, 0.6) is 0 Å². The number of nitrogens with one attached hydrogen (secondary N) is 2. The van der Waals surface area contributed by atoms with Crippen LogP contribution in [0, 0.1) is 0 Å². The summed E-state index contributed by atoms with van der Waals surface area (Å²) in [6.07, 6.45) is 2.09. The Bertz CT molecular complexity index is 504. The Balaban J connectivity index is 1.65. The van der Waals surface area contributed by atoms with Crippen LogP contribution in [0.25, 0.3) is 0 Å². The number of thioether (sulfide) groups is 1. The SMILES string of the molecule is CCC1CN(C(=NC)NCCCNC(=O)c2cccs2)CCS1. The van der Waals surface area contributed by atoms with Gasteiger partial charge in [0, 0.05) is 44.2 Å². The summed E-state index contributed by atoms with van der Waals surface area (Å²) < 4.78 is 0. The molecule has 2 N–H and O–H groups in total. The lowest BCUT2D eigenvalue weighted by Crippen LogP contribution is -2.48. The van der Waals surface area contributed by atoms with Gasteiger partial charge in [0.1, 0.15) is 0 Å². The lowest BCUT2D eigenvalue weighted by atomic mass is 10.3. The monoisotopic (exact) mass is 354 g/mol. The van der Waals surface area contributed by atoms with E-state index >= 15 is 0 Å². The number of hydrogen-bond acceptors (Lipinski definition) is 4. The molecular weight excluding hydrogens is 328 g/mol. The molecule has 1 aliphatic heterocycles. The van der Waals surface area contributed by atoms with Gasteiger partial charge in [-0.3, -0.25) is 9.79 Å². The fourth-order valence-electron chi connectivity index (χ4n) is 2.48. The van der Waals surface area contributed by atoms with E-state index < -0.39 is 0 Å². The third kappa shape index (κ3) is 5.73. The fourth-order valence-corrected chi connectivity index (χ4v) is 4.30. The molecule has 1 atom stereocenters. The van der Waals surface area contributed by atoms with Crippen LogP contribution >= 0.6 is 23.1 Å². The van der Waals surface area contributed by atoms with Crippen molar-refractivity contribution in [2.24, 2.45) is 4.99 Å². The normalized spacial score (nSPS) is 18.8. The number of carbonyl (C=O) groups is 1. The quantitative estimate of drug-likeness (QED) is 0.467. The van der Waals surface area contributed by atoms with Crippen molar-refractivity contribution >= 4 is 35.0 Å². The molecule has 0 aliphatic carbocycles. The van der Waals surface area contributed by atoms with Crippen molar-refractivity contribution in [1.82, 2.24) is 15.5 Å². The fraction of sp³-hybridized carbons (Fsp3) is 0.625. The first-order chi connectivity index (χ1) is 11.2. The Labute approximate surface area is 146 Å². The van der Waals surface area contributed by atoms with E-state index in [1.807, 2.05) is 24.6 Å². The summed E-state index contributed by atoms with van der Waals surface area (Å²) in [5.41, 5.74) is 0. The minimum absolute atomic E-state index is 0.0169. The Morgan fingerprint density at radius 3 is 2.96 bits per heavy atom. The lowest BCUT2D eigenvalue weighted by Gasteiger charge is -2.34. The topological polar surface area (TPSA) is 56.7 Å². The average molecular weight is 355 g/mol. The predicted octanol–water partition coefficient (Wildman–Crippen LogP) is 2.27. The van der Waals surface area contributed by atoms with Crippen LogP contribution in [-0.2, 0) is 0 Å². The lowest BCUT2D eigenvalue weighted by molar-refractivity contribution is 0.0957. The van der Waals surface area contributed by atoms with Gasteiger partial charge in [-0.25, -0.2) is 0 Å². The van der Waals surface area contributed by atoms with Crippen molar-refractivity contribution in [2.75, 3.05) is 39.0 Å². The number of thiophene rings is 1. The molecule has 0 spiro atoms. The maximum Gasteiger partial charge on any atom is 0.261 e. The number of rotatable bonds is 6. The van der Waals surface area contributed by atoms with Crippen LogP contribution < -0.4 is 10.6 Å². The van der Waals surface area contributed by atoms with E-state index in [-0.39, 0.29) is 5.91 Å². The van der Waals surface area contributed by atoms with Gasteiger partial charge in [-0.2, -0.15) is 11.8 Å². The minimum Gasteiger partial charge on any atom is -0.356 e. The molecule has 5 nitrogen and oxygen atoms in total. The van der Waals surface area contributed by atoms with Gasteiger partial charge in [0.2, 0.25) is 0 Å². The zero-order chi connectivity index (χ0) is 16.5. The molecule has 0 saturated carbocycles. The van der Waals surface area contributed by atoms with Crippen molar-refractivity contribution in [3.05, 3.63) is 22.4 Å². The van der Waals surface area contributed by atoms with Gasteiger partial charge < -0.3 is 15.5 Å². The van der Waals surface area contributed by atoms with Crippen molar-refractivity contribution < 1.29 is 4.79 Å². The summed E-state index contributed by atoms with van der Waals surface area (Å²) in [6, 6.07) is 3.74. The van der Waals surface area contributed by atoms with Crippen LogP contribution in [0.1, 0.15) is 29.4 Å². The van der Waals surface area contributed by atoms with E-state index in [4.69, 9.17) is 0 Å². The second-order valence-corrected chi connectivity index (χ2v) is 7.76. The standard InChI is InChI=1S/C16H26N4OS2/c1-3-13-12-20(9-11-22-13)16(17-2)19-8-5-7-18-15(21)14-6-4-10-23-14/h4,6,10,13H,3,5,7-9,11-12H2,1-2H3,(H,17,19)(H,18,21). The number of amides is 1. The summed E-state index contributed by atoms with van der Waals surface area (Å²) in [7, 11) is 1.84. The van der Waals surface area contributed by atoms with Crippen LogP contribution in [-0.4, -0.2) is 61.0 Å². The number of carbonyl (C=O) groups excluding carboxylic acids is 1. The van der Waals surface area contributed by atoms with E-state index in [0.717, 1.165) is 42.6 Å². The molecule has 1 amide bonds. The zero-order valence-electron chi connectivity index (χ0n) is 13.9. The summed E-state index contributed by atoms with van der Waals surface area (Å²) in [5.74, 6) is 2.16. The van der Waals surface area contributed by atoms with E-state index in [9.17, 15) is 4.79 Å². The van der Waals surface area contributed by atoms with Crippen LogP contribution in [0.2, 0.25) is 0 Å². The number of aliphatic imine (C=N–C) groups is 1. The van der Waals surface area contributed by atoms with E-state index in [2.05, 4.69) is 39.2 Å². The zero-order valence-corrected chi connectivity index (χ0v) is 15.5. The van der Waals surface area contributed by atoms with Crippen molar-refractivity contribution in [3.63, 3.8) is 0 Å². The molecule has 0 radical (unpaired) electrons. The predicted molar refractivity (Wildman–Crippen MR) is 101 cm³/mol. The molecule has 1 saturated heterocycles. The molecule has 1 aliphatic rings. The number of nitrogens with zero attached hydrogens (tertiary/aromatic N) is 2. The van der Waals surface area contributed by atoms with Gasteiger partial charge in [-0.1, -0.05) is 13.0 Å². The summed E-state index contributed by atoms with van der Waals surface area (Å²) in [5, 5.41) is 8.98. The Hall–Kier alpha value is -1.21. The van der Waals surface area contributed by atoms with Crippen molar-refractivity contribution in [3.8, 4) is 0 Å². The van der Waals surface area contributed by atoms with Gasteiger partial charge in [-0.05, 0) is 24.3 Å². The first-order valence-electron chi connectivity index (χ1n) is 8.13. The minimum atomic E-state index is 0.0169. The number of hydrogen-bond donors (Lipinski definition) is 2. The molecule has 23 heavy (non-hydrogen) atoms. The first-order valence-corrected chi connectivity index (χ1v) is 10.1. The van der Waals surface area contributed by atoms with Gasteiger partial charge in [0.25, 0.3) is 5.91 Å². The maximum absolute atomic E-state index is 11.8. The summed E-state index contributed by atoms with van der Waals surface area (Å²) in [6.45, 7) is 5.85. The Kier molecular flexibility index (Phi) is 7.74. The van der Waals surface area contributed by atoms with Gasteiger partial charge in [0.05, 0.1) is 4.88 Å². The highest BCUT2D eigenvalue weighted by molar-refractivity contribution is 8.00. The summed E-state index contributed by atoms with van der Waals surface area (Å²) >= 11 is 3.53. The number of guanidine groups is 1. The van der Waals surface area contributed by atoms with Crippen molar-refractivity contribution in [2.45, 2.75) is 25.0 Å². The first kappa shape index (κ1) is 18.1. The molecule has 2 heterocycles. The maximum atomic E-state index is 11.8. The second-order valence-electron chi connectivity index (χ2n) is 5.41. The van der Waals surface area contributed by atoms with Crippen LogP contribution in [0.4, 0.5) is 0 Å². The summed E-state index contributed by atoms with van der Waals surface area (Å²) in [4.78, 5) is 19.3. The smallest absolute Gasteiger partial charge is 0.261 e. The third-order valence-corrected chi connectivity index (χ3v) is 6.01. The Morgan fingerprint density at radius 1 is 1.43 bits per heavy atom. The van der Waals surface area contributed by atoms with Gasteiger partial charge in [0.15, 0.2) is 5.96 Å². The molecule has 1 aromatic heterocycles. The molecule has 0 bridgehead atoms. The molecule has 1 unspecified atom stereocenters. The second kappa shape index (κ2) is 9.82. The van der Waals surface area contributed by atoms with E-state index in [1.54, 1.807) is 0 Å². The highest BCUT2D eigenvalue weighted by atomic mass is 32.2. The van der Waals surface area contributed by atoms with Crippen molar-refractivity contribution in [1.29, 1.82) is 0 Å².